The molecule has 0 saturated carbocycles. The first-order valence-electron chi connectivity index (χ1n) is 11.4. The predicted octanol–water partition coefficient (Wildman–Crippen LogP) is 2.31. The summed E-state index contributed by atoms with van der Waals surface area (Å²) in [6.45, 7) is 0.758. The van der Waals surface area contributed by atoms with Gasteiger partial charge in [0.15, 0.2) is 0 Å². The molecule has 3 rings (SSSR count). The SMILES string of the molecule is O=C(NO)C(CCCc1ncccn1)CS(=O)(=O)N1CCN(c2ccc(OC(F)(F)C(F)F)cc2)CC1. The second kappa shape index (κ2) is 12.5. The summed E-state index contributed by atoms with van der Waals surface area (Å²) in [5, 5.41) is 9.07. The average Bonchev–Trinajstić information content (AvgIpc) is 2.88. The zero-order valence-electron chi connectivity index (χ0n) is 19.6. The number of aromatic nitrogens is 2. The largest absolute Gasteiger partial charge is 0.461 e. The van der Waals surface area contributed by atoms with Crippen LogP contribution < -0.4 is 15.1 Å². The number of anilines is 1. The Balaban J connectivity index is 1.54. The van der Waals surface area contributed by atoms with Crippen LogP contribution in [0.2, 0.25) is 0 Å². The second-order valence-corrected chi connectivity index (χ2v) is 10.4. The van der Waals surface area contributed by atoms with Crippen molar-refractivity contribution in [2.24, 2.45) is 5.92 Å². The minimum atomic E-state index is -4.61. The number of nitrogens with zero attached hydrogens (tertiary/aromatic N) is 4. The van der Waals surface area contributed by atoms with Gasteiger partial charge in [-0.1, -0.05) is 0 Å². The molecule has 10 nitrogen and oxygen atoms in total. The van der Waals surface area contributed by atoms with Crippen LogP contribution in [-0.4, -0.2) is 78.3 Å². The van der Waals surface area contributed by atoms with Crippen LogP contribution in [0.15, 0.2) is 42.7 Å². The van der Waals surface area contributed by atoms with Crippen molar-refractivity contribution in [3.8, 4) is 5.75 Å². The molecule has 2 aromatic rings. The van der Waals surface area contributed by atoms with E-state index in [2.05, 4.69) is 14.7 Å². The Hall–Kier alpha value is -3.04. The molecule has 0 bridgehead atoms. The highest BCUT2D eigenvalue weighted by Gasteiger charge is 2.44. The Morgan fingerprint density at radius 1 is 1.11 bits per heavy atom. The highest BCUT2D eigenvalue weighted by atomic mass is 32.2. The summed E-state index contributed by atoms with van der Waals surface area (Å²) in [7, 11) is -3.84. The van der Waals surface area contributed by atoms with Gasteiger partial charge in [0.05, 0.1) is 11.7 Å². The lowest BCUT2D eigenvalue weighted by molar-refractivity contribution is -0.253. The highest BCUT2D eigenvalue weighted by molar-refractivity contribution is 7.89. The van der Waals surface area contributed by atoms with Gasteiger partial charge in [0, 0.05) is 50.7 Å². The van der Waals surface area contributed by atoms with E-state index >= 15 is 0 Å². The molecule has 0 spiro atoms. The molecular formula is C22H27F4N5O5S. The van der Waals surface area contributed by atoms with Crippen LogP contribution in [0, 0.1) is 5.92 Å². The highest BCUT2D eigenvalue weighted by Crippen LogP contribution is 2.29. The normalized spacial score (nSPS) is 16.0. The molecule has 0 radical (unpaired) electrons. The van der Waals surface area contributed by atoms with Gasteiger partial charge in [0.2, 0.25) is 15.9 Å². The molecule has 2 heterocycles. The zero-order chi connectivity index (χ0) is 27.1. The Bertz CT molecular complexity index is 1120. The van der Waals surface area contributed by atoms with Crippen LogP contribution in [0.4, 0.5) is 23.2 Å². The monoisotopic (exact) mass is 549 g/mol. The Morgan fingerprint density at radius 2 is 1.73 bits per heavy atom. The van der Waals surface area contributed by atoms with E-state index in [4.69, 9.17) is 5.21 Å². The average molecular weight is 550 g/mol. The minimum Gasteiger partial charge on any atom is -0.428 e. The Labute approximate surface area is 211 Å². The van der Waals surface area contributed by atoms with Crippen molar-refractivity contribution in [3.05, 3.63) is 48.5 Å². The molecule has 204 valence electrons. The summed E-state index contributed by atoms with van der Waals surface area (Å²) in [5.74, 6) is -2.12. The quantitative estimate of drug-likeness (QED) is 0.235. The fourth-order valence-electron chi connectivity index (χ4n) is 3.86. The number of sulfonamides is 1. The number of ether oxygens (including phenoxy) is 1. The molecule has 1 aromatic carbocycles. The fraction of sp³-hybridized carbons (Fsp3) is 0.500. The molecule has 1 fully saturated rings. The van der Waals surface area contributed by atoms with Gasteiger partial charge in [0.1, 0.15) is 11.6 Å². The lowest BCUT2D eigenvalue weighted by Crippen LogP contribution is -2.50. The van der Waals surface area contributed by atoms with E-state index < -0.39 is 45.9 Å². The molecule has 1 atom stereocenters. The number of benzene rings is 1. The van der Waals surface area contributed by atoms with Gasteiger partial charge in [0.25, 0.3) is 0 Å². The van der Waals surface area contributed by atoms with E-state index in [9.17, 15) is 30.8 Å². The predicted molar refractivity (Wildman–Crippen MR) is 124 cm³/mol. The van der Waals surface area contributed by atoms with E-state index in [0.29, 0.717) is 24.4 Å². The van der Waals surface area contributed by atoms with E-state index in [1.807, 2.05) is 0 Å². The number of carbonyl (C=O) groups is 1. The van der Waals surface area contributed by atoms with Gasteiger partial charge in [-0.2, -0.15) is 21.9 Å². The lowest BCUT2D eigenvalue weighted by Gasteiger charge is -2.36. The first kappa shape index (κ1) is 28.5. The topological polar surface area (TPSA) is 125 Å². The fourth-order valence-corrected chi connectivity index (χ4v) is 5.61. The van der Waals surface area contributed by atoms with Crippen molar-refractivity contribution in [1.82, 2.24) is 19.8 Å². The number of halogens is 4. The van der Waals surface area contributed by atoms with Crippen molar-refractivity contribution < 1.29 is 40.7 Å². The number of hydrogen-bond donors (Lipinski definition) is 2. The van der Waals surface area contributed by atoms with E-state index in [1.54, 1.807) is 23.4 Å². The molecule has 1 saturated heterocycles. The molecule has 0 aliphatic carbocycles. The van der Waals surface area contributed by atoms with Gasteiger partial charge < -0.3 is 9.64 Å². The first-order chi connectivity index (χ1) is 17.5. The molecule has 1 unspecified atom stereocenters. The molecule has 15 heteroatoms. The molecule has 1 amide bonds. The summed E-state index contributed by atoms with van der Waals surface area (Å²) in [5.41, 5.74) is 2.11. The van der Waals surface area contributed by atoms with Crippen LogP contribution in [0.3, 0.4) is 0 Å². The van der Waals surface area contributed by atoms with Gasteiger partial charge in [-0.3, -0.25) is 10.0 Å². The summed E-state index contributed by atoms with van der Waals surface area (Å²) in [4.78, 5) is 22.1. The third-order valence-corrected chi connectivity index (χ3v) is 7.78. The van der Waals surface area contributed by atoms with Gasteiger partial charge in [-0.15, -0.1) is 0 Å². The number of aryl methyl sites for hydroxylation is 1. The number of rotatable bonds is 12. The molecule has 2 N–H and O–H groups in total. The van der Waals surface area contributed by atoms with Crippen molar-refractivity contribution in [3.63, 3.8) is 0 Å². The molecule has 1 aromatic heterocycles. The second-order valence-electron chi connectivity index (χ2n) is 8.35. The standard InChI is InChI=1S/C22H27F4N5O5S/c23-21(24)22(25,26)36-18-7-5-17(6-8-18)30-11-13-31(14-12-30)37(34,35)15-16(20(32)29-33)3-1-4-19-27-9-2-10-28-19/h2,5-10,16,21,33H,1,3-4,11-15H2,(H,29,32). The maximum Gasteiger partial charge on any atom is 0.461 e. The number of carbonyl (C=O) groups excluding carboxylic acids is 1. The number of hydrogen-bond acceptors (Lipinski definition) is 8. The summed E-state index contributed by atoms with van der Waals surface area (Å²) >= 11 is 0. The van der Waals surface area contributed by atoms with Gasteiger partial charge in [-0.05, 0) is 43.2 Å². The third kappa shape index (κ3) is 7.97. The Kier molecular flexibility index (Phi) is 9.62. The molecule has 1 aliphatic rings. The van der Waals surface area contributed by atoms with E-state index in [1.165, 1.54) is 21.9 Å². The number of hydroxylamine groups is 1. The number of nitrogens with one attached hydrogen (secondary N) is 1. The molecule has 1 aliphatic heterocycles. The van der Waals surface area contributed by atoms with E-state index in [-0.39, 0.29) is 32.6 Å². The third-order valence-electron chi connectivity index (χ3n) is 5.81. The molecule has 37 heavy (non-hydrogen) atoms. The summed E-state index contributed by atoms with van der Waals surface area (Å²) < 4.78 is 82.0. The van der Waals surface area contributed by atoms with Gasteiger partial charge in [-0.25, -0.2) is 23.9 Å². The zero-order valence-corrected chi connectivity index (χ0v) is 20.5. The summed E-state index contributed by atoms with van der Waals surface area (Å²) in [6, 6.07) is 6.76. The maximum atomic E-state index is 13.1. The van der Waals surface area contributed by atoms with Crippen molar-refractivity contribution in [2.45, 2.75) is 31.8 Å². The van der Waals surface area contributed by atoms with Crippen molar-refractivity contribution in [2.75, 3.05) is 36.8 Å². The van der Waals surface area contributed by atoms with Crippen LogP contribution >= 0.6 is 0 Å². The summed E-state index contributed by atoms with van der Waals surface area (Å²) in [6.07, 6.45) is -4.34. The smallest absolute Gasteiger partial charge is 0.428 e. The first-order valence-corrected chi connectivity index (χ1v) is 13.0. The van der Waals surface area contributed by atoms with Crippen LogP contribution in [0.1, 0.15) is 18.7 Å². The van der Waals surface area contributed by atoms with Crippen molar-refractivity contribution in [1.29, 1.82) is 0 Å². The number of alkyl halides is 4. The number of amides is 1. The molecular weight excluding hydrogens is 522 g/mol. The van der Waals surface area contributed by atoms with E-state index in [0.717, 1.165) is 12.1 Å². The van der Waals surface area contributed by atoms with Crippen molar-refractivity contribution >= 4 is 21.6 Å². The lowest BCUT2D eigenvalue weighted by atomic mass is 10.0. The van der Waals surface area contributed by atoms with Gasteiger partial charge >= 0.3 is 12.5 Å². The number of piperazine rings is 1. The van der Waals surface area contributed by atoms with Crippen LogP contribution in [0.25, 0.3) is 0 Å². The van der Waals surface area contributed by atoms with Crippen LogP contribution in [0.5, 0.6) is 5.75 Å². The van der Waals surface area contributed by atoms with Crippen LogP contribution in [-0.2, 0) is 21.2 Å². The Morgan fingerprint density at radius 3 is 2.30 bits per heavy atom. The maximum absolute atomic E-state index is 13.1. The minimum absolute atomic E-state index is 0.107.